The molecule has 7 nitrogen and oxygen atoms in total. The van der Waals surface area contributed by atoms with Gasteiger partial charge in [-0.3, -0.25) is 0 Å². The second-order valence-electron chi connectivity index (χ2n) is 2.51. The summed E-state index contributed by atoms with van der Waals surface area (Å²) < 4.78 is 0. The minimum atomic E-state index is -1.26. The van der Waals surface area contributed by atoms with Crippen molar-refractivity contribution < 1.29 is 25.3 Å². The summed E-state index contributed by atoms with van der Waals surface area (Å²) in [4.78, 5) is 19.1. The van der Waals surface area contributed by atoms with E-state index < -0.39 is 11.9 Å². The zero-order chi connectivity index (χ0) is 10.8. The number of piperazine rings is 1. The number of aliphatic carboxylic acids is 2. The van der Waals surface area contributed by atoms with E-state index in [4.69, 9.17) is 10.2 Å². The minimum absolute atomic E-state index is 0. The quantitative estimate of drug-likeness (QED) is 0.401. The van der Waals surface area contributed by atoms with Gasteiger partial charge in [-0.15, -0.1) is 0 Å². The van der Waals surface area contributed by atoms with E-state index in [0.29, 0.717) is 12.2 Å². The molecule has 0 spiro atoms. The highest BCUT2D eigenvalue weighted by atomic mass is 16.4. The van der Waals surface area contributed by atoms with Crippen molar-refractivity contribution in [1.82, 2.24) is 10.6 Å². The van der Waals surface area contributed by atoms with Gasteiger partial charge in [-0.1, -0.05) is 0 Å². The molecule has 0 aliphatic carbocycles. The van der Waals surface area contributed by atoms with Gasteiger partial charge in [0.2, 0.25) is 0 Å². The van der Waals surface area contributed by atoms with Crippen molar-refractivity contribution in [3.05, 3.63) is 12.2 Å². The first-order valence-electron chi connectivity index (χ1n) is 4.18. The van der Waals surface area contributed by atoms with Gasteiger partial charge in [0.05, 0.1) is 0 Å². The fraction of sp³-hybridized carbons (Fsp3) is 0.500. The van der Waals surface area contributed by atoms with Gasteiger partial charge in [-0.05, 0) is 0 Å². The van der Waals surface area contributed by atoms with E-state index in [0.717, 1.165) is 26.2 Å². The third-order valence-corrected chi connectivity index (χ3v) is 1.33. The van der Waals surface area contributed by atoms with E-state index in [2.05, 4.69) is 10.6 Å². The normalized spacial score (nSPS) is 14.7. The van der Waals surface area contributed by atoms with Gasteiger partial charge in [0, 0.05) is 38.3 Å². The van der Waals surface area contributed by atoms with Crippen LogP contribution in [0.4, 0.5) is 0 Å². The second-order valence-corrected chi connectivity index (χ2v) is 2.51. The lowest BCUT2D eigenvalue weighted by molar-refractivity contribution is -0.134. The van der Waals surface area contributed by atoms with Crippen LogP contribution in [-0.2, 0) is 9.59 Å². The lowest BCUT2D eigenvalue weighted by Gasteiger charge is -2.11. The lowest BCUT2D eigenvalue weighted by atomic mass is 10.4. The van der Waals surface area contributed by atoms with Crippen molar-refractivity contribution in [2.75, 3.05) is 26.2 Å². The maximum atomic E-state index is 9.55. The molecule has 1 fully saturated rings. The highest BCUT2D eigenvalue weighted by Gasteiger charge is 1.91. The van der Waals surface area contributed by atoms with Crippen molar-refractivity contribution in [1.29, 1.82) is 0 Å². The number of hydrogen-bond acceptors (Lipinski definition) is 4. The number of carbonyl (C=O) groups is 2. The molecule has 0 bridgehead atoms. The predicted molar refractivity (Wildman–Crippen MR) is 53.8 cm³/mol. The number of carboxylic acid groups (broad SMARTS) is 2. The van der Waals surface area contributed by atoms with Crippen LogP contribution in [-0.4, -0.2) is 53.8 Å². The number of carboxylic acids is 2. The van der Waals surface area contributed by atoms with E-state index in [1.165, 1.54) is 0 Å². The highest BCUT2D eigenvalue weighted by Crippen LogP contribution is 1.70. The van der Waals surface area contributed by atoms with E-state index in [1.54, 1.807) is 0 Å². The molecule has 0 aromatic rings. The molecule has 1 heterocycles. The molecule has 0 atom stereocenters. The summed E-state index contributed by atoms with van der Waals surface area (Å²) in [5, 5.41) is 22.1. The van der Waals surface area contributed by atoms with Gasteiger partial charge in [-0.2, -0.15) is 0 Å². The summed E-state index contributed by atoms with van der Waals surface area (Å²) in [6.07, 6.45) is 1.12. The maximum absolute atomic E-state index is 9.55. The summed E-state index contributed by atoms with van der Waals surface area (Å²) in [5.41, 5.74) is 0. The fourth-order valence-electron chi connectivity index (χ4n) is 0.746. The van der Waals surface area contributed by atoms with Crippen LogP contribution >= 0.6 is 0 Å². The first-order valence-corrected chi connectivity index (χ1v) is 4.18. The molecule has 0 unspecified atom stereocenters. The van der Waals surface area contributed by atoms with Gasteiger partial charge in [0.1, 0.15) is 0 Å². The lowest BCUT2D eigenvalue weighted by Crippen LogP contribution is -2.39. The smallest absolute Gasteiger partial charge is 0.328 e. The number of nitrogens with one attached hydrogen (secondary N) is 2. The van der Waals surface area contributed by atoms with Gasteiger partial charge < -0.3 is 26.3 Å². The topological polar surface area (TPSA) is 130 Å². The zero-order valence-electron chi connectivity index (χ0n) is 8.19. The standard InChI is InChI=1S/C4H10N2.C4H4O4.H2O/c1-2-6-4-3-5-1;5-3(6)1-2-4(7)8;/h5-6H,1-4H2;1-2H,(H,5,6)(H,7,8);1H2/b;2-1+;. The van der Waals surface area contributed by atoms with E-state index in [-0.39, 0.29) is 5.48 Å². The molecule has 15 heavy (non-hydrogen) atoms. The number of hydrogen-bond donors (Lipinski definition) is 4. The summed E-state index contributed by atoms with van der Waals surface area (Å²) in [6, 6.07) is 0. The van der Waals surface area contributed by atoms with E-state index in [1.807, 2.05) is 0 Å². The first kappa shape index (κ1) is 16.0. The Hall–Kier alpha value is -1.44. The summed E-state index contributed by atoms with van der Waals surface area (Å²) in [7, 11) is 0. The molecule has 1 aliphatic rings. The molecule has 1 rings (SSSR count). The molecule has 1 aliphatic heterocycles. The molecular weight excluding hydrogens is 204 g/mol. The maximum Gasteiger partial charge on any atom is 0.328 e. The molecule has 0 aromatic carbocycles. The van der Waals surface area contributed by atoms with Crippen LogP contribution in [0.1, 0.15) is 0 Å². The van der Waals surface area contributed by atoms with Crippen molar-refractivity contribution >= 4 is 11.9 Å². The Kier molecular flexibility index (Phi) is 11.4. The van der Waals surface area contributed by atoms with Crippen LogP contribution in [0.3, 0.4) is 0 Å². The summed E-state index contributed by atoms with van der Waals surface area (Å²) in [6.45, 7) is 4.56. The average Bonchev–Trinajstić information content (AvgIpc) is 2.18. The Morgan fingerprint density at radius 1 is 0.867 bits per heavy atom. The molecule has 88 valence electrons. The SMILES string of the molecule is C1CNCCN1.O.O=C(O)/C=C/C(=O)O. The third-order valence-electron chi connectivity index (χ3n) is 1.33. The summed E-state index contributed by atoms with van der Waals surface area (Å²) in [5.74, 6) is -2.51. The number of rotatable bonds is 2. The van der Waals surface area contributed by atoms with Crippen molar-refractivity contribution in [2.45, 2.75) is 0 Å². The Bertz CT molecular complexity index is 186. The molecular formula is C8H16N2O5. The van der Waals surface area contributed by atoms with Crippen molar-refractivity contribution in [3.63, 3.8) is 0 Å². The zero-order valence-corrected chi connectivity index (χ0v) is 8.19. The molecule has 7 heteroatoms. The van der Waals surface area contributed by atoms with Crippen LogP contribution in [0.2, 0.25) is 0 Å². The molecule has 0 saturated carbocycles. The summed E-state index contributed by atoms with van der Waals surface area (Å²) >= 11 is 0. The Morgan fingerprint density at radius 3 is 1.27 bits per heavy atom. The highest BCUT2D eigenvalue weighted by molar-refractivity contribution is 5.89. The van der Waals surface area contributed by atoms with E-state index in [9.17, 15) is 9.59 Å². The Morgan fingerprint density at radius 2 is 1.13 bits per heavy atom. The fourth-order valence-corrected chi connectivity index (χ4v) is 0.746. The van der Waals surface area contributed by atoms with Gasteiger partial charge in [0.25, 0.3) is 0 Å². The largest absolute Gasteiger partial charge is 0.478 e. The van der Waals surface area contributed by atoms with Crippen LogP contribution in [0.25, 0.3) is 0 Å². The predicted octanol–water partition coefficient (Wildman–Crippen LogP) is -1.93. The molecule has 0 radical (unpaired) electrons. The minimum Gasteiger partial charge on any atom is -0.478 e. The first-order chi connectivity index (χ1) is 6.63. The van der Waals surface area contributed by atoms with Gasteiger partial charge >= 0.3 is 11.9 Å². The Labute approximate surface area is 87.1 Å². The average molecular weight is 220 g/mol. The third kappa shape index (κ3) is 15.3. The van der Waals surface area contributed by atoms with Gasteiger partial charge in [-0.25, -0.2) is 9.59 Å². The molecule has 0 amide bonds. The van der Waals surface area contributed by atoms with Crippen molar-refractivity contribution in [3.8, 4) is 0 Å². The van der Waals surface area contributed by atoms with Crippen LogP contribution in [0.5, 0.6) is 0 Å². The van der Waals surface area contributed by atoms with Gasteiger partial charge in [0.15, 0.2) is 0 Å². The monoisotopic (exact) mass is 220 g/mol. The molecule has 6 N–H and O–H groups in total. The van der Waals surface area contributed by atoms with E-state index >= 15 is 0 Å². The van der Waals surface area contributed by atoms with Crippen LogP contribution < -0.4 is 10.6 Å². The van der Waals surface area contributed by atoms with Crippen LogP contribution in [0, 0.1) is 0 Å². The van der Waals surface area contributed by atoms with Crippen molar-refractivity contribution in [2.24, 2.45) is 0 Å². The van der Waals surface area contributed by atoms with Crippen LogP contribution in [0.15, 0.2) is 12.2 Å². The molecule has 0 aromatic heterocycles. The molecule has 1 saturated heterocycles. The second kappa shape index (κ2) is 10.6. The Balaban J connectivity index is 0.